The number of nitrogens with zero attached hydrogens (tertiary/aromatic N) is 2. The number of hydrogen-bond acceptors (Lipinski definition) is 2. The molecule has 0 radical (unpaired) electrons. The van der Waals surface area contributed by atoms with Gasteiger partial charge in [-0.2, -0.15) is 4.74 Å². The third-order valence-corrected chi connectivity index (χ3v) is 6.30. The third kappa shape index (κ3) is 3.23. The average Bonchev–Trinajstić information content (AvgIpc) is 2.81. The van der Waals surface area contributed by atoms with E-state index in [2.05, 4.69) is 0 Å². The first-order chi connectivity index (χ1) is 15.1. The largest absolute Gasteiger partial charge is 0.622 e. The molecule has 0 aromatic heterocycles. The Morgan fingerprint density at radius 3 is 2.00 bits per heavy atom. The zero-order valence-corrected chi connectivity index (χ0v) is 18.3. The molecule has 1 heterocycles. The fourth-order valence-corrected chi connectivity index (χ4v) is 4.67. The number of benzene rings is 3. The molecule has 31 heavy (non-hydrogen) atoms. The minimum absolute atomic E-state index is 0.149. The first-order valence-electron chi connectivity index (χ1n) is 10.9. The first kappa shape index (κ1) is 20.9. The van der Waals surface area contributed by atoms with Gasteiger partial charge in [-0.3, -0.25) is 4.79 Å². The molecule has 0 bridgehead atoms. The lowest BCUT2D eigenvalue weighted by Crippen LogP contribution is -2.66. The summed E-state index contributed by atoms with van der Waals surface area (Å²) in [6, 6.07) is 27.4. The van der Waals surface area contributed by atoms with Crippen molar-refractivity contribution in [2.45, 2.75) is 32.2 Å². The molecule has 0 N–H and O–H groups in total. The summed E-state index contributed by atoms with van der Waals surface area (Å²) >= 11 is 0. The van der Waals surface area contributed by atoms with Gasteiger partial charge in [0.25, 0.3) is 5.54 Å². The summed E-state index contributed by atoms with van der Waals surface area (Å²) in [6.45, 7) is 7.06. The van der Waals surface area contributed by atoms with E-state index in [1.54, 1.807) is 4.90 Å². The Kier molecular flexibility index (Phi) is 5.64. The summed E-state index contributed by atoms with van der Waals surface area (Å²) < 4.78 is 0.961. The molecule has 3 aromatic rings. The smallest absolute Gasteiger partial charge is 0.301 e. The molecule has 0 unspecified atom stereocenters. The second kappa shape index (κ2) is 8.38. The Morgan fingerprint density at radius 1 is 0.903 bits per heavy atom. The topological polar surface area (TPSA) is 46.4 Å². The van der Waals surface area contributed by atoms with Crippen LogP contribution < -0.4 is 0 Å². The first-order valence-corrected chi connectivity index (χ1v) is 10.9. The molecule has 4 nitrogen and oxygen atoms in total. The van der Waals surface area contributed by atoms with Crippen molar-refractivity contribution in [1.29, 1.82) is 0 Å². The number of rotatable bonds is 6. The van der Waals surface area contributed by atoms with Gasteiger partial charge in [0, 0.05) is 24.2 Å². The van der Waals surface area contributed by atoms with Crippen LogP contribution in [-0.2, 0) is 10.3 Å². The van der Waals surface area contributed by atoms with E-state index in [1.165, 1.54) is 0 Å². The van der Waals surface area contributed by atoms with Crippen LogP contribution in [0.2, 0.25) is 0 Å². The molecule has 1 aliphatic rings. The van der Waals surface area contributed by atoms with Gasteiger partial charge in [0.2, 0.25) is 5.71 Å². The SMILES string of the molecule is CCN(CC)C(=O)[C@@]1(c2ccccc2)[C@@H](c2ccc(C)cc2)C(c2ccccc2)=[N+]1[O-]. The Hall–Kier alpha value is -3.40. The molecule has 2 atom stereocenters. The van der Waals surface area contributed by atoms with Crippen LogP contribution in [0.25, 0.3) is 0 Å². The van der Waals surface area contributed by atoms with E-state index >= 15 is 0 Å². The number of aryl methyl sites for hydroxylation is 1. The Balaban J connectivity index is 2.02. The van der Waals surface area contributed by atoms with Crippen LogP contribution in [0.1, 0.15) is 42.0 Å². The second-order valence-corrected chi connectivity index (χ2v) is 8.00. The van der Waals surface area contributed by atoms with Crippen molar-refractivity contribution in [3.05, 3.63) is 112 Å². The van der Waals surface area contributed by atoms with Crippen LogP contribution in [0.15, 0.2) is 84.9 Å². The van der Waals surface area contributed by atoms with E-state index in [4.69, 9.17) is 0 Å². The van der Waals surface area contributed by atoms with Crippen LogP contribution in [0.3, 0.4) is 0 Å². The second-order valence-electron chi connectivity index (χ2n) is 8.00. The van der Waals surface area contributed by atoms with Gasteiger partial charge in [-0.25, -0.2) is 0 Å². The van der Waals surface area contributed by atoms with Crippen molar-refractivity contribution >= 4 is 11.6 Å². The normalized spacial score (nSPS) is 20.3. The maximum Gasteiger partial charge on any atom is 0.301 e. The maximum absolute atomic E-state index is 14.0. The minimum atomic E-state index is -1.33. The highest BCUT2D eigenvalue weighted by Gasteiger charge is 2.68. The van der Waals surface area contributed by atoms with Crippen LogP contribution in [0.4, 0.5) is 0 Å². The summed E-state index contributed by atoms with van der Waals surface area (Å²) in [5.41, 5.74) is 3.00. The van der Waals surface area contributed by atoms with Crippen molar-refractivity contribution in [1.82, 2.24) is 4.90 Å². The Morgan fingerprint density at radius 2 is 1.45 bits per heavy atom. The predicted molar refractivity (Wildman–Crippen MR) is 124 cm³/mol. The molecule has 0 aliphatic carbocycles. The van der Waals surface area contributed by atoms with Gasteiger partial charge >= 0.3 is 5.91 Å². The highest BCUT2D eigenvalue weighted by molar-refractivity contribution is 6.11. The Labute approximate surface area is 184 Å². The van der Waals surface area contributed by atoms with Crippen molar-refractivity contribution in [3.8, 4) is 0 Å². The van der Waals surface area contributed by atoms with Gasteiger partial charge in [0.05, 0.1) is 0 Å². The van der Waals surface area contributed by atoms with E-state index in [1.807, 2.05) is 106 Å². The fourth-order valence-electron chi connectivity index (χ4n) is 4.67. The molecule has 4 heteroatoms. The maximum atomic E-state index is 14.0. The molecule has 4 rings (SSSR count). The minimum Gasteiger partial charge on any atom is -0.622 e. The van der Waals surface area contributed by atoms with Gasteiger partial charge in [-0.05, 0) is 38.5 Å². The monoisotopic (exact) mass is 412 g/mol. The number of amides is 1. The molecule has 0 saturated heterocycles. The number of hydroxylamine groups is 1. The quantitative estimate of drug-likeness (QED) is 0.429. The molecule has 0 spiro atoms. The number of hydrogen-bond donors (Lipinski definition) is 0. The van der Waals surface area contributed by atoms with Crippen molar-refractivity contribution in [2.24, 2.45) is 0 Å². The number of carbonyl (C=O) groups is 1. The van der Waals surface area contributed by atoms with E-state index in [9.17, 15) is 10.0 Å². The van der Waals surface area contributed by atoms with E-state index in [-0.39, 0.29) is 11.8 Å². The van der Waals surface area contributed by atoms with E-state index in [0.29, 0.717) is 18.8 Å². The fraction of sp³-hybridized carbons (Fsp3) is 0.259. The van der Waals surface area contributed by atoms with E-state index in [0.717, 1.165) is 27.0 Å². The predicted octanol–water partition coefficient (Wildman–Crippen LogP) is 4.86. The van der Waals surface area contributed by atoms with Crippen molar-refractivity contribution in [2.75, 3.05) is 13.1 Å². The van der Waals surface area contributed by atoms with Crippen LogP contribution in [-0.4, -0.2) is 34.3 Å². The molecule has 158 valence electrons. The third-order valence-electron chi connectivity index (χ3n) is 6.30. The van der Waals surface area contributed by atoms with Gasteiger partial charge in [0.1, 0.15) is 5.92 Å². The molecule has 1 aliphatic heterocycles. The number of carbonyl (C=O) groups excluding carboxylic acids is 1. The molecule has 3 aromatic carbocycles. The standard InChI is InChI=1S/C27H28N2O2/c1-4-28(5-2)26(30)27(23-14-10-7-11-15-23)24(21-18-16-20(3)17-19-21)25(29(27)31)22-12-8-6-9-13-22/h6-19,24H,4-5H2,1-3H3/t24-,27+/m0/s1. The van der Waals surface area contributed by atoms with Gasteiger partial charge in [-0.1, -0.05) is 78.4 Å². The zero-order chi connectivity index (χ0) is 22.0. The molecule has 1 amide bonds. The van der Waals surface area contributed by atoms with Crippen molar-refractivity contribution in [3.63, 3.8) is 0 Å². The summed E-state index contributed by atoms with van der Waals surface area (Å²) in [6.07, 6.45) is 0. The molecule has 0 fully saturated rings. The summed E-state index contributed by atoms with van der Waals surface area (Å²) in [7, 11) is 0. The summed E-state index contributed by atoms with van der Waals surface area (Å²) in [5, 5.41) is 13.9. The summed E-state index contributed by atoms with van der Waals surface area (Å²) in [5.74, 6) is -0.521. The van der Waals surface area contributed by atoms with Crippen LogP contribution in [0, 0.1) is 12.1 Å². The van der Waals surface area contributed by atoms with Gasteiger partial charge < -0.3 is 10.1 Å². The molecule has 0 saturated carbocycles. The van der Waals surface area contributed by atoms with Gasteiger partial charge in [0.15, 0.2) is 0 Å². The van der Waals surface area contributed by atoms with Crippen LogP contribution >= 0.6 is 0 Å². The average molecular weight is 413 g/mol. The van der Waals surface area contributed by atoms with Gasteiger partial charge in [-0.15, -0.1) is 0 Å². The Bertz CT molecular complexity index is 1090. The lowest BCUT2D eigenvalue weighted by molar-refractivity contribution is -0.577. The zero-order valence-electron chi connectivity index (χ0n) is 18.3. The highest BCUT2D eigenvalue weighted by Crippen LogP contribution is 2.50. The molecular formula is C27H28N2O2. The van der Waals surface area contributed by atoms with Crippen molar-refractivity contribution < 1.29 is 9.53 Å². The number of likely N-dealkylation sites (N-methyl/N-ethyl adjacent to an activating group) is 1. The summed E-state index contributed by atoms with van der Waals surface area (Å²) in [4.78, 5) is 15.8. The lowest BCUT2D eigenvalue weighted by atomic mass is 9.64. The van der Waals surface area contributed by atoms with E-state index < -0.39 is 5.54 Å². The molecular weight excluding hydrogens is 384 g/mol. The lowest BCUT2D eigenvalue weighted by Gasteiger charge is -2.47. The highest BCUT2D eigenvalue weighted by atomic mass is 16.5. The van der Waals surface area contributed by atoms with Crippen LogP contribution in [0.5, 0.6) is 0 Å².